The SMILES string of the molecule is CCCCCCCCC(O)CCCCCCCCC(=O)OO. The summed E-state index contributed by atoms with van der Waals surface area (Å²) in [4.78, 5) is 14.3. The highest BCUT2D eigenvalue weighted by Crippen LogP contribution is 2.14. The standard InChI is InChI=1S/C18H36O4/c1-2-3-4-5-8-11-14-17(19)15-12-9-6-7-10-13-16-18(20)22-21/h17,19,21H,2-16H2,1H3. The number of hydrogen-bond acceptors (Lipinski definition) is 4. The van der Waals surface area contributed by atoms with Crippen LogP contribution in [0.5, 0.6) is 0 Å². The van der Waals surface area contributed by atoms with E-state index in [0.29, 0.717) is 6.42 Å². The predicted molar refractivity (Wildman–Crippen MR) is 89.7 cm³/mol. The van der Waals surface area contributed by atoms with Crippen molar-refractivity contribution in [2.45, 2.75) is 109 Å². The Balaban J connectivity index is 3.18. The highest BCUT2D eigenvalue weighted by atomic mass is 17.1. The van der Waals surface area contributed by atoms with E-state index in [9.17, 15) is 9.90 Å². The maximum absolute atomic E-state index is 10.7. The summed E-state index contributed by atoms with van der Waals surface area (Å²) in [5.74, 6) is -0.544. The predicted octanol–water partition coefficient (Wildman–Crippen LogP) is 5.23. The van der Waals surface area contributed by atoms with Gasteiger partial charge in [-0.3, -0.25) is 0 Å². The molecular formula is C18H36O4. The van der Waals surface area contributed by atoms with Crippen LogP contribution in [-0.4, -0.2) is 22.4 Å². The Hall–Kier alpha value is -0.610. The van der Waals surface area contributed by atoms with Crippen molar-refractivity contribution >= 4 is 5.97 Å². The Morgan fingerprint density at radius 1 is 0.818 bits per heavy atom. The lowest BCUT2D eigenvalue weighted by atomic mass is 10.0. The zero-order chi connectivity index (χ0) is 16.5. The molecule has 4 heteroatoms. The number of carbonyl (C=O) groups is 1. The van der Waals surface area contributed by atoms with Crippen LogP contribution >= 0.6 is 0 Å². The minimum absolute atomic E-state index is 0.120. The van der Waals surface area contributed by atoms with Gasteiger partial charge in [0.2, 0.25) is 0 Å². The molecule has 0 aromatic carbocycles. The summed E-state index contributed by atoms with van der Waals surface area (Å²) in [7, 11) is 0. The number of hydrogen-bond donors (Lipinski definition) is 2. The molecule has 0 radical (unpaired) electrons. The number of aliphatic hydroxyl groups excluding tert-OH is 1. The monoisotopic (exact) mass is 316 g/mol. The van der Waals surface area contributed by atoms with Gasteiger partial charge in [0, 0.05) is 6.42 Å². The molecule has 0 saturated heterocycles. The Bertz CT molecular complexity index is 243. The van der Waals surface area contributed by atoms with E-state index in [1.807, 2.05) is 0 Å². The van der Waals surface area contributed by atoms with Gasteiger partial charge in [-0.1, -0.05) is 77.6 Å². The number of aliphatic hydroxyl groups is 1. The zero-order valence-electron chi connectivity index (χ0n) is 14.4. The highest BCUT2D eigenvalue weighted by Gasteiger charge is 2.04. The summed E-state index contributed by atoms with van der Waals surface area (Å²) < 4.78 is 0. The maximum atomic E-state index is 10.7. The maximum Gasteiger partial charge on any atom is 0.342 e. The molecule has 2 N–H and O–H groups in total. The molecule has 0 amide bonds. The average Bonchev–Trinajstić information content (AvgIpc) is 2.52. The summed E-state index contributed by atoms with van der Waals surface area (Å²) >= 11 is 0. The van der Waals surface area contributed by atoms with Crippen molar-refractivity contribution in [2.24, 2.45) is 0 Å². The Labute approximate surface area is 136 Å². The van der Waals surface area contributed by atoms with Crippen LogP contribution in [0.3, 0.4) is 0 Å². The molecule has 0 bridgehead atoms. The van der Waals surface area contributed by atoms with Crippen LogP contribution in [0.15, 0.2) is 0 Å². The van der Waals surface area contributed by atoms with Crippen LogP contribution < -0.4 is 0 Å². The second-order valence-electron chi connectivity index (χ2n) is 6.33. The quantitative estimate of drug-likeness (QED) is 0.232. The van der Waals surface area contributed by atoms with Crippen LogP contribution in [0.2, 0.25) is 0 Å². The van der Waals surface area contributed by atoms with Crippen molar-refractivity contribution in [3.05, 3.63) is 0 Å². The molecule has 0 fully saturated rings. The first kappa shape index (κ1) is 21.4. The van der Waals surface area contributed by atoms with Gasteiger partial charge in [-0.05, 0) is 19.3 Å². The van der Waals surface area contributed by atoms with E-state index in [1.54, 1.807) is 0 Å². The Morgan fingerprint density at radius 2 is 1.27 bits per heavy atom. The smallest absolute Gasteiger partial charge is 0.342 e. The van der Waals surface area contributed by atoms with Crippen LogP contribution in [0.1, 0.15) is 103 Å². The summed E-state index contributed by atoms with van der Waals surface area (Å²) in [6, 6.07) is 0. The third-order valence-electron chi connectivity index (χ3n) is 4.16. The lowest BCUT2D eigenvalue weighted by Crippen LogP contribution is -2.05. The largest absolute Gasteiger partial charge is 0.393 e. The molecule has 0 rings (SSSR count). The van der Waals surface area contributed by atoms with Crippen LogP contribution in [0, 0.1) is 0 Å². The third-order valence-corrected chi connectivity index (χ3v) is 4.16. The molecule has 0 aliphatic rings. The minimum atomic E-state index is -0.544. The second kappa shape index (κ2) is 16.8. The van der Waals surface area contributed by atoms with Crippen molar-refractivity contribution in [1.29, 1.82) is 0 Å². The number of rotatable bonds is 16. The molecule has 0 aliphatic heterocycles. The lowest BCUT2D eigenvalue weighted by Gasteiger charge is -2.10. The Morgan fingerprint density at radius 3 is 1.77 bits per heavy atom. The van der Waals surface area contributed by atoms with Crippen molar-refractivity contribution in [2.75, 3.05) is 0 Å². The van der Waals surface area contributed by atoms with Crippen LogP contribution in [0.25, 0.3) is 0 Å². The van der Waals surface area contributed by atoms with Crippen LogP contribution in [-0.2, 0) is 9.68 Å². The normalized spacial score (nSPS) is 12.3. The molecule has 132 valence electrons. The van der Waals surface area contributed by atoms with Gasteiger partial charge in [0.05, 0.1) is 6.10 Å². The molecule has 0 saturated carbocycles. The fraction of sp³-hybridized carbons (Fsp3) is 0.944. The highest BCUT2D eigenvalue weighted by molar-refractivity contribution is 5.68. The molecule has 0 aliphatic carbocycles. The van der Waals surface area contributed by atoms with Crippen molar-refractivity contribution in [3.63, 3.8) is 0 Å². The van der Waals surface area contributed by atoms with E-state index in [4.69, 9.17) is 5.26 Å². The van der Waals surface area contributed by atoms with Gasteiger partial charge in [-0.2, -0.15) is 5.26 Å². The molecular weight excluding hydrogens is 280 g/mol. The van der Waals surface area contributed by atoms with E-state index in [2.05, 4.69) is 11.8 Å². The van der Waals surface area contributed by atoms with Gasteiger partial charge in [0.15, 0.2) is 0 Å². The van der Waals surface area contributed by atoms with Gasteiger partial charge < -0.3 is 9.99 Å². The topological polar surface area (TPSA) is 66.8 Å². The van der Waals surface area contributed by atoms with Crippen molar-refractivity contribution in [3.8, 4) is 0 Å². The van der Waals surface area contributed by atoms with E-state index in [-0.39, 0.29) is 6.10 Å². The van der Waals surface area contributed by atoms with E-state index in [1.165, 1.54) is 32.1 Å². The molecule has 0 aromatic rings. The Kier molecular flexibility index (Phi) is 16.3. The van der Waals surface area contributed by atoms with Crippen molar-refractivity contribution in [1.82, 2.24) is 0 Å². The van der Waals surface area contributed by atoms with E-state index < -0.39 is 5.97 Å². The van der Waals surface area contributed by atoms with Crippen molar-refractivity contribution < 1.29 is 20.0 Å². The summed E-state index contributed by atoms with van der Waals surface area (Å²) in [5.41, 5.74) is 0. The number of unbranched alkanes of at least 4 members (excludes halogenated alkanes) is 10. The fourth-order valence-corrected chi connectivity index (χ4v) is 2.71. The summed E-state index contributed by atoms with van der Waals surface area (Å²) in [5, 5.41) is 18.0. The average molecular weight is 316 g/mol. The van der Waals surface area contributed by atoms with E-state index in [0.717, 1.165) is 57.8 Å². The van der Waals surface area contributed by atoms with E-state index >= 15 is 0 Å². The van der Waals surface area contributed by atoms with Gasteiger partial charge >= 0.3 is 5.97 Å². The summed E-state index contributed by atoms with van der Waals surface area (Å²) in [6.07, 6.45) is 16.0. The minimum Gasteiger partial charge on any atom is -0.393 e. The molecule has 22 heavy (non-hydrogen) atoms. The second-order valence-corrected chi connectivity index (χ2v) is 6.33. The first-order valence-electron chi connectivity index (χ1n) is 9.23. The summed E-state index contributed by atoms with van der Waals surface area (Å²) in [6.45, 7) is 2.23. The molecule has 0 heterocycles. The molecule has 0 spiro atoms. The third kappa shape index (κ3) is 15.8. The zero-order valence-corrected chi connectivity index (χ0v) is 14.4. The first-order valence-corrected chi connectivity index (χ1v) is 9.23. The van der Waals surface area contributed by atoms with Gasteiger partial charge in [0.1, 0.15) is 0 Å². The fourth-order valence-electron chi connectivity index (χ4n) is 2.71. The number of carbonyl (C=O) groups excluding carboxylic acids is 1. The molecule has 1 unspecified atom stereocenters. The van der Waals surface area contributed by atoms with Gasteiger partial charge in [0.25, 0.3) is 0 Å². The molecule has 0 aromatic heterocycles. The van der Waals surface area contributed by atoms with Crippen LogP contribution in [0.4, 0.5) is 0 Å². The lowest BCUT2D eigenvalue weighted by molar-refractivity contribution is -0.234. The van der Waals surface area contributed by atoms with Gasteiger partial charge in [-0.25, -0.2) is 4.79 Å². The first-order chi connectivity index (χ1) is 10.7. The molecule has 4 nitrogen and oxygen atoms in total. The van der Waals surface area contributed by atoms with Gasteiger partial charge in [-0.15, -0.1) is 0 Å². The molecule has 1 atom stereocenters.